The topological polar surface area (TPSA) is 66.9 Å². The highest BCUT2D eigenvalue weighted by atomic mass is 19.4. The van der Waals surface area contributed by atoms with Gasteiger partial charge in [-0.25, -0.2) is 9.97 Å². The molecule has 1 aromatic carbocycles. The number of halogens is 3. The lowest BCUT2D eigenvalue weighted by molar-refractivity contribution is -0.137. The first-order chi connectivity index (χ1) is 11.0. The van der Waals surface area contributed by atoms with Crippen molar-refractivity contribution in [1.29, 1.82) is 0 Å². The van der Waals surface area contributed by atoms with Crippen LogP contribution in [0.1, 0.15) is 36.8 Å². The van der Waals surface area contributed by atoms with Crippen LogP contribution in [0, 0.1) is 0 Å². The van der Waals surface area contributed by atoms with Crippen molar-refractivity contribution in [3.8, 4) is 0 Å². The van der Waals surface area contributed by atoms with Gasteiger partial charge >= 0.3 is 6.18 Å². The second-order valence-corrected chi connectivity index (χ2v) is 6.19. The van der Waals surface area contributed by atoms with Gasteiger partial charge in [0.15, 0.2) is 0 Å². The van der Waals surface area contributed by atoms with E-state index in [1.54, 1.807) is 0 Å². The summed E-state index contributed by atoms with van der Waals surface area (Å²) in [6.07, 6.45) is -1.69. The zero-order valence-corrected chi connectivity index (χ0v) is 13.4. The average molecular weight is 338 g/mol. The van der Waals surface area contributed by atoms with E-state index in [-0.39, 0.29) is 16.9 Å². The van der Waals surface area contributed by atoms with Crippen LogP contribution < -0.4 is 10.6 Å². The number of anilines is 2. The van der Waals surface area contributed by atoms with Crippen molar-refractivity contribution in [3.63, 3.8) is 0 Å². The molecule has 24 heavy (non-hydrogen) atoms. The van der Waals surface area contributed by atoms with Crippen LogP contribution in [-0.4, -0.2) is 21.4 Å². The number of carbonyl (C=O) groups is 1. The van der Waals surface area contributed by atoms with Crippen LogP contribution in [0.25, 0.3) is 0 Å². The lowest BCUT2D eigenvalue weighted by Gasteiger charge is -2.20. The number of rotatable bonds is 3. The van der Waals surface area contributed by atoms with Crippen LogP contribution in [0.3, 0.4) is 0 Å². The number of alkyl halides is 3. The van der Waals surface area contributed by atoms with Gasteiger partial charge in [0.2, 0.25) is 0 Å². The Kier molecular flexibility index (Phi) is 4.77. The van der Waals surface area contributed by atoms with Crippen LogP contribution in [-0.2, 0) is 6.18 Å². The van der Waals surface area contributed by atoms with Gasteiger partial charge in [-0.1, -0.05) is 0 Å². The number of nitrogens with one attached hydrogen (secondary N) is 2. The summed E-state index contributed by atoms with van der Waals surface area (Å²) >= 11 is 0. The minimum atomic E-state index is -4.41. The molecule has 0 atom stereocenters. The summed E-state index contributed by atoms with van der Waals surface area (Å²) in [4.78, 5) is 20.1. The molecule has 5 nitrogen and oxygen atoms in total. The number of amides is 1. The van der Waals surface area contributed by atoms with Crippen LogP contribution in [0.15, 0.2) is 36.7 Å². The zero-order valence-electron chi connectivity index (χ0n) is 13.4. The molecule has 2 rings (SSSR count). The predicted octanol–water partition coefficient (Wildman–Crippen LogP) is 3.96. The SMILES string of the molecule is CC(C)(C)Nc1cnc(C(=O)Nc2ccc(C(F)(F)F)cc2)cn1. The number of carbonyl (C=O) groups excluding carboxylic acids is 1. The Bertz CT molecular complexity index is 704. The lowest BCUT2D eigenvalue weighted by Crippen LogP contribution is -2.27. The normalized spacial score (nSPS) is 11.9. The molecule has 1 heterocycles. The molecule has 0 bridgehead atoms. The summed E-state index contributed by atoms with van der Waals surface area (Å²) in [5.74, 6) is -0.0295. The molecule has 0 saturated heterocycles. The van der Waals surface area contributed by atoms with E-state index in [1.807, 2.05) is 20.8 Å². The Morgan fingerprint density at radius 2 is 1.62 bits per heavy atom. The third-order valence-corrected chi connectivity index (χ3v) is 2.86. The highest BCUT2D eigenvalue weighted by molar-refractivity contribution is 6.02. The molecule has 1 aromatic heterocycles. The van der Waals surface area contributed by atoms with Crippen molar-refractivity contribution < 1.29 is 18.0 Å². The molecular weight excluding hydrogens is 321 g/mol. The third kappa shape index (κ3) is 4.94. The average Bonchev–Trinajstić information content (AvgIpc) is 2.46. The maximum Gasteiger partial charge on any atom is 0.416 e. The van der Waals surface area contributed by atoms with Crippen LogP contribution >= 0.6 is 0 Å². The van der Waals surface area contributed by atoms with Gasteiger partial charge in [-0.3, -0.25) is 4.79 Å². The van der Waals surface area contributed by atoms with E-state index >= 15 is 0 Å². The van der Waals surface area contributed by atoms with Crippen molar-refractivity contribution >= 4 is 17.4 Å². The van der Waals surface area contributed by atoms with E-state index in [0.29, 0.717) is 5.82 Å². The highest BCUT2D eigenvalue weighted by Crippen LogP contribution is 2.29. The molecule has 0 saturated carbocycles. The van der Waals surface area contributed by atoms with Gasteiger partial charge in [0.05, 0.1) is 18.0 Å². The molecule has 0 spiro atoms. The van der Waals surface area contributed by atoms with Gasteiger partial charge in [-0.05, 0) is 45.0 Å². The summed E-state index contributed by atoms with van der Waals surface area (Å²) in [6.45, 7) is 5.87. The fourth-order valence-corrected chi connectivity index (χ4v) is 1.83. The number of hydrogen-bond acceptors (Lipinski definition) is 4. The number of aromatic nitrogens is 2. The van der Waals surface area contributed by atoms with Gasteiger partial charge in [0.1, 0.15) is 11.5 Å². The predicted molar refractivity (Wildman–Crippen MR) is 84.8 cm³/mol. The molecule has 0 aliphatic carbocycles. The molecule has 0 radical (unpaired) electrons. The van der Waals surface area contributed by atoms with Crippen LogP contribution in [0.5, 0.6) is 0 Å². The first-order valence-corrected chi connectivity index (χ1v) is 7.13. The van der Waals surface area contributed by atoms with Crippen molar-refractivity contribution in [2.75, 3.05) is 10.6 Å². The maximum absolute atomic E-state index is 12.5. The minimum Gasteiger partial charge on any atom is -0.364 e. The molecule has 8 heteroatoms. The Hall–Kier alpha value is -2.64. The molecule has 0 fully saturated rings. The quantitative estimate of drug-likeness (QED) is 0.889. The highest BCUT2D eigenvalue weighted by Gasteiger charge is 2.30. The third-order valence-electron chi connectivity index (χ3n) is 2.86. The second-order valence-electron chi connectivity index (χ2n) is 6.19. The number of hydrogen-bond donors (Lipinski definition) is 2. The second kappa shape index (κ2) is 6.46. The van der Waals surface area contributed by atoms with Crippen molar-refractivity contribution in [2.45, 2.75) is 32.5 Å². The smallest absolute Gasteiger partial charge is 0.364 e. The van der Waals surface area contributed by atoms with E-state index in [0.717, 1.165) is 12.1 Å². The van der Waals surface area contributed by atoms with E-state index < -0.39 is 17.6 Å². The molecule has 0 unspecified atom stereocenters. The van der Waals surface area contributed by atoms with Crippen LogP contribution in [0.2, 0.25) is 0 Å². The summed E-state index contributed by atoms with van der Waals surface area (Å²) in [5, 5.41) is 5.58. The number of nitrogens with zero attached hydrogens (tertiary/aromatic N) is 2. The Morgan fingerprint density at radius 3 is 2.08 bits per heavy atom. The zero-order chi connectivity index (χ0) is 18.0. The summed E-state index contributed by atoms with van der Waals surface area (Å²) < 4.78 is 37.5. The Morgan fingerprint density at radius 1 is 1.00 bits per heavy atom. The maximum atomic E-state index is 12.5. The lowest BCUT2D eigenvalue weighted by atomic mass is 10.1. The van der Waals surface area contributed by atoms with Crippen molar-refractivity contribution in [3.05, 3.63) is 47.9 Å². The van der Waals surface area contributed by atoms with Gasteiger partial charge in [-0.2, -0.15) is 13.2 Å². The monoisotopic (exact) mass is 338 g/mol. The van der Waals surface area contributed by atoms with E-state index in [4.69, 9.17) is 0 Å². The summed E-state index contributed by atoms with van der Waals surface area (Å²) in [6, 6.07) is 4.17. The van der Waals surface area contributed by atoms with Crippen molar-refractivity contribution in [2.24, 2.45) is 0 Å². The molecule has 0 aliphatic heterocycles. The first-order valence-electron chi connectivity index (χ1n) is 7.13. The standard InChI is InChI=1S/C16H17F3N4O/c1-15(2,3)23-13-9-20-12(8-21-13)14(24)22-11-6-4-10(5-7-11)16(17,18)19/h4-9H,1-3H3,(H,21,23)(H,22,24). The van der Waals surface area contributed by atoms with E-state index in [1.165, 1.54) is 24.5 Å². The molecular formula is C16H17F3N4O. The van der Waals surface area contributed by atoms with Gasteiger partial charge in [0.25, 0.3) is 5.91 Å². The van der Waals surface area contributed by atoms with E-state index in [9.17, 15) is 18.0 Å². The minimum absolute atomic E-state index is 0.0642. The summed E-state index contributed by atoms with van der Waals surface area (Å²) in [7, 11) is 0. The summed E-state index contributed by atoms with van der Waals surface area (Å²) in [5.41, 5.74) is -0.669. The Balaban J connectivity index is 2.04. The molecule has 128 valence electrons. The van der Waals surface area contributed by atoms with Gasteiger partial charge in [0, 0.05) is 11.2 Å². The first kappa shape index (κ1) is 17.7. The largest absolute Gasteiger partial charge is 0.416 e. The fourth-order valence-electron chi connectivity index (χ4n) is 1.83. The van der Waals surface area contributed by atoms with Gasteiger partial charge in [-0.15, -0.1) is 0 Å². The van der Waals surface area contributed by atoms with Gasteiger partial charge < -0.3 is 10.6 Å². The van der Waals surface area contributed by atoms with E-state index in [2.05, 4.69) is 20.6 Å². The fraction of sp³-hybridized carbons (Fsp3) is 0.312. The molecule has 0 aliphatic rings. The molecule has 1 amide bonds. The molecule has 2 aromatic rings. The van der Waals surface area contributed by atoms with Crippen LogP contribution in [0.4, 0.5) is 24.7 Å². The number of benzene rings is 1. The molecule has 2 N–H and O–H groups in total. The van der Waals surface area contributed by atoms with Crippen molar-refractivity contribution in [1.82, 2.24) is 9.97 Å². The Labute approximate surface area is 137 Å².